The fourth-order valence-corrected chi connectivity index (χ4v) is 1.79. The summed E-state index contributed by atoms with van der Waals surface area (Å²) in [6.07, 6.45) is -0.439. The van der Waals surface area contributed by atoms with Crippen molar-refractivity contribution in [2.45, 2.75) is 20.8 Å². The Morgan fingerprint density at radius 3 is 2.65 bits per heavy atom. The van der Waals surface area contributed by atoms with Crippen molar-refractivity contribution in [2.24, 2.45) is 0 Å². The number of ether oxygens (including phenoxy) is 2. The number of hydrogen-bond acceptors (Lipinski definition) is 4. The van der Waals surface area contributed by atoms with Crippen LogP contribution in [0, 0.1) is 0 Å². The molecular formula is C15H24N2O3. The Labute approximate surface area is 120 Å². The molecule has 112 valence electrons. The summed E-state index contributed by atoms with van der Waals surface area (Å²) in [4.78, 5) is 13.8. The van der Waals surface area contributed by atoms with Gasteiger partial charge in [-0.15, -0.1) is 0 Å². The third-order valence-electron chi connectivity index (χ3n) is 2.93. The number of anilines is 1. The fourth-order valence-electron chi connectivity index (χ4n) is 1.79. The molecule has 0 spiro atoms. The molecule has 1 aromatic carbocycles. The van der Waals surface area contributed by atoms with E-state index in [1.807, 2.05) is 19.1 Å². The smallest absolute Gasteiger partial charge is 0.411 e. The van der Waals surface area contributed by atoms with Gasteiger partial charge in [0.15, 0.2) is 0 Å². The minimum Gasteiger partial charge on any atom is -0.494 e. The molecule has 0 saturated heterocycles. The molecule has 0 unspecified atom stereocenters. The summed E-state index contributed by atoms with van der Waals surface area (Å²) in [5.74, 6) is 0.730. The van der Waals surface area contributed by atoms with Gasteiger partial charge in [-0.05, 0) is 32.1 Å². The van der Waals surface area contributed by atoms with Gasteiger partial charge in [-0.2, -0.15) is 0 Å². The van der Waals surface area contributed by atoms with Crippen molar-refractivity contribution in [3.05, 3.63) is 24.3 Å². The molecule has 0 saturated carbocycles. The third kappa shape index (κ3) is 5.93. The second-order valence-corrected chi connectivity index (χ2v) is 4.25. The molecule has 1 N–H and O–H groups in total. The Hall–Kier alpha value is -1.75. The van der Waals surface area contributed by atoms with Crippen molar-refractivity contribution in [3.8, 4) is 5.75 Å². The molecule has 0 aliphatic carbocycles. The Bertz CT molecular complexity index is 406. The SMILES string of the molecule is CCOc1cccc(NC(=O)OCCN(CC)CC)c1. The molecule has 1 amide bonds. The van der Waals surface area contributed by atoms with Gasteiger partial charge in [0.25, 0.3) is 0 Å². The molecular weight excluding hydrogens is 256 g/mol. The van der Waals surface area contributed by atoms with Crippen molar-refractivity contribution in [2.75, 3.05) is 38.2 Å². The molecule has 0 aromatic heterocycles. The van der Waals surface area contributed by atoms with Crippen molar-refractivity contribution < 1.29 is 14.3 Å². The number of hydrogen-bond donors (Lipinski definition) is 1. The second kappa shape index (κ2) is 9.20. The summed E-state index contributed by atoms with van der Waals surface area (Å²) in [6, 6.07) is 7.25. The van der Waals surface area contributed by atoms with E-state index in [0.29, 0.717) is 18.9 Å². The highest BCUT2D eigenvalue weighted by molar-refractivity contribution is 5.84. The summed E-state index contributed by atoms with van der Waals surface area (Å²) in [5, 5.41) is 2.69. The number of nitrogens with one attached hydrogen (secondary N) is 1. The van der Waals surface area contributed by atoms with Crippen LogP contribution < -0.4 is 10.1 Å². The van der Waals surface area contributed by atoms with Gasteiger partial charge in [0.05, 0.1) is 6.61 Å². The Morgan fingerprint density at radius 1 is 1.25 bits per heavy atom. The number of amides is 1. The molecule has 0 atom stereocenters. The second-order valence-electron chi connectivity index (χ2n) is 4.25. The van der Waals surface area contributed by atoms with E-state index in [4.69, 9.17) is 9.47 Å². The third-order valence-corrected chi connectivity index (χ3v) is 2.93. The molecule has 5 nitrogen and oxygen atoms in total. The van der Waals surface area contributed by atoms with Crippen molar-refractivity contribution in [1.29, 1.82) is 0 Å². The number of benzene rings is 1. The van der Waals surface area contributed by atoms with E-state index < -0.39 is 6.09 Å². The van der Waals surface area contributed by atoms with Crippen LogP contribution in [-0.2, 0) is 4.74 Å². The summed E-state index contributed by atoms with van der Waals surface area (Å²) in [6.45, 7) is 9.73. The molecule has 5 heteroatoms. The first kappa shape index (κ1) is 16.3. The van der Waals surface area contributed by atoms with Crippen LogP contribution in [0.25, 0.3) is 0 Å². The van der Waals surface area contributed by atoms with Crippen LogP contribution in [0.2, 0.25) is 0 Å². The zero-order valence-electron chi connectivity index (χ0n) is 12.5. The van der Waals surface area contributed by atoms with Crippen LogP contribution in [0.1, 0.15) is 20.8 Å². The lowest BCUT2D eigenvalue weighted by Crippen LogP contribution is -2.28. The highest BCUT2D eigenvalue weighted by atomic mass is 16.5. The minimum atomic E-state index is -0.439. The van der Waals surface area contributed by atoms with E-state index in [-0.39, 0.29) is 0 Å². The van der Waals surface area contributed by atoms with E-state index in [2.05, 4.69) is 24.1 Å². The highest BCUT2D eigenvalue weighted by Gasteiger charge is 2.05. The molecule has 0 heterocycles. The maximum Gasteiger partial charge on any atom is 0.411 e. The Morgan fingerprint density at radius 2 is 2.00 bits per heavy atom. The monoisotopic (exact) mass is 280 g/mol. The molecule has 1 rings (SSSR count). The zero-order chi connectivity index (χ0) is 14.8. The van der Waals surface area contributed by atoms with Crippen molar-refractivity contribution in [1.82, 2.24) is 4.90 Å². The van der Waals surface area contributed by atoms with Crippen molar-refractivity contribution >= 4 is 11.8 Å². The van der Waals surface area contributed by atoms with Gasteiger partial charge in [0.1, 0.15) is 12.4 Å². The Balaban J connectivity index is 2.36. The quantitative estimate of drug-likeness (QED) is 0.795. The maximum atomic E-state index is 11.6. The van der Waals surface area contributed by atoms with Gasteiger partial charge in [0.2, 0.25) is 0 Å². The van der Waals surface area contributed by atoms with Gasteiger partial charge in [-0.1, -0.05) is 19.9 Å². The predicted molar refractivity (Wildman–Crippen MR) is 80.4 cm³/mol. The van der Waals surface area contributed by atoms with Gasteiger partial charge in [-0.25, -0.2) is 4.79 Å². The van der Waals surface area contributed by atoms with Gasteiger partial charge in [0, 0.05) is 18.3 Å². The molecule has 0 fully saturated rings. The summed E-state index contributed by atoms with van der Waals surface area (Å²) < 4.78 is 10.5. The number of likely N-dealkylation sites (N-methyl/N-ethyl adjacent to an activating group) is 1. The average molecular weight is 280 g/mol. The van der Waals surface area contributed by atoms with E-state index in [9.17, 15) is 4.79 Å². The van der Waals surface area contributed by atoms with Gasteiger partial charge < -0.3 is 14.4 Å². The molecule has 1 aromatic rings. The van der Waals surface area contributed by atoms with Crippen LogP contribution in [-0.4, -0.2) is 43.8 Å². The van der Waals surface area contributed by atoms with Crippen molar-refractivity contribution in [3.63, 3.8) is 0 Å². The largest absolute Gasteiger partial charge is 0.494 e. The molecule has 20 heavy (non-hydrogen) atoms. The average Bonchev–Trinajstić information content (AvgIpc) is 2.44. The number of nitrogens with zero attached hydrogens (tertiary/aromatic N) is 1. The van der Waals surface area contributed by atoms with E-state index in [1.54, 1.807) is 12.1 Å². The first-order chi connectivity index (χ1) is 9.69. The van der Waals surface area contributed by atoms with E-state index >= 15 is 0 Å². The maximum absolute atomic E-state index is 11.6. The molecule has 0 bridgehead atoms. The lowest BCUT2D eigenvalue weighted by Gasteiger charge is -2.17. The van der Waals surface area contributed by atoms with Crippen LogP contribution in [0.15, 0.2) is 24.3 Å². The minimum absolute atomic E-state index is 0.388. The molecule has 0 aliphatic heterocycles. The first-order valence-electron chi connectivity index (χ1n) is 7.08. The highest BCUT2D eigenvalue weighted by Crippen LogP contribution is 2.17. The fraction of sp³-hybridized carbons (Fsp3) is 0.533. The number of rotatable bonds is 8. The summed E-state index contributed by atoms with van der Waals surface area (Å²) >= 11 is 0. The molecule has 0 aliphatic rings. The van der Waals surface area contributed by atoms with E-state index in [0.717, 1.165) is 25.4 Å². The molecule has 0 radical (unpaired) electrons. The number of carbonyl (C=O) groups excluding carboxylic acids is 1. The van der Waals surface area contributed by atoms with E-state index in [1.165, 1.54) is 0 Å². The predicted octanol–water partition coefficient (Wildman–Crippen LogP) is 2.98. The topological polar surface area (TPSA) is 50.8 Å². The summed E-state index contributed by atoms with van der Waals surface area (Å²) in [7, 11) is 0. The lowest BCUT2D eigenvalue weighted by atomic mass is 10.3. The van der Waals surface area contributed by atoms with Crippen LogP contribution in [0.3, 0.4) is 0 Å². The zero-order valence-corrected chi connectivity index (χ0v) is 12.5. The first-order valence-corrected chi connectivity index (χ1v) is 7.08. The van der Waals surface area contributed by atoms with Gasteiger partial charge >= 0.3 is 6.09 Å². The van der Waals surface area contributed by atoms with Gasteiger partial charge in [-0.3, -0.25) is 5.32 Å². The normalized spacial score (nSPS) is 10.4. The van der Waals surface area contributed by atoms with Crippen LogP contribution in [0.4, 0.5) is 10.5 Å². The Kier molecular flexibility index (Phi) is 7.50. The van der Waals surface area contributed by atoms with Crippen LogP contribution >= 0.6 is 0 Å². The number of carbonyl (C=O) groups is 1. The summed E-state index contributed by atoms with van der Waals surface area (Å²) in [5.41, 5.74) is 0.670. The van der Waals surface area contributed by atoms with Crippen LogP contribution in [0.5, 0.6) is 5.75 Å². The standard InChI is InChI=1S/C15H24N2O3/c1-4-17(5-2)10-11-20-15(18)16-13-8-7-9-14(12-13)19-6-3/h7-9,12H,4-6,10-11H2,1-3H3,(H,16,18). The lowest BCUT2D eigenvalue weighted by molar-refractivity contribution is 0.142.